The number of aliphatic hydroxyl groups excluding tert-OH is 1. The Labute approximate surface area is 147 Å². The lowest BCUT2D eigenvalue weighted by Crippen LogP contribution is -2.50. The van der Waals surface area contributed by atoms with Crippen molar-refractivity contribution in [1.29, 1.82) is 0 Å². The van der Waals surface area contributed by atoms with Gasteiger partial charge in [0.15, 0.2) is 6.29 Å². The molecule has 3 nitrogen and oxygen atoms in total. The van der Waals surface area contributed by atoms with Crippen molar-refractivity contribution >= 4 is 0 Å². The van der Waals surface area contributed by atoms with Gasteiger partial charge in [-0.25, -0.2) is 0 Å². The van der Waals surface area contributed by atoms with E-state index in [0.717, 1.165) is 25.4 Å². The van der Waals surface area contributed by atoms with Gasteiger partial charge >= 0.3 is 0 Å². The zero-order valence-electron chi connectivity index (χ0n) is 16.0. The van der Waals surface area contributed by atoms with E-state index >= 15 is 0 Å². The Morgan fingerprint density at radius 3 is 2.79 bits per heavy atom. The summed E-state index contributed by atoms with van der Waals surface area (Å²) in [6.45, 7) is 8.50. The maximum absolute atomic E-state index is 9.89. The lowest BCUT2D eigenvalue weighted by molar-refractivity contribution is -0.0881. The van der Waals surface area contributed by atoms with Gasteiger partial charge in [-0.3, -0.25) is 0 Å². The topological polar surface area (TPSA) is 38.7 Å². The van der Waals surface area contributed by atoms with Crippen LogP contribution in [0.15, 0.2) is 11.6 Å². The maximum Gasteiger partial charge on any atom is 0.157 e. The van der Waals surface area contributed by atoms with Gasteiger partial charge in [0.05, 0.1) is 13.2 Å². The van der Waals surface area contributed by atoms with Crippen LogP contribution >= 0.6 is 0 Å². The zero-order valence-corrected chi connectivity index (χ0v) is 16.0. The van der Waals surface area contributed by atoms with Crippen molar-refractivity contribution in [2.24, 2.45) is 28.6 Å². The molecule has 1 aliphatic heterocycles. The Hall–Kier alpha value is -0.380. The van der Waals surface area contributed by atoms with Crippen LogP contribution in [0.25, 0.3) is 0 Å². The summed E-state index contributed by atoms with van der Waals surface area (Å²) in [6.07, 6.45) is 10.8. The van der Waals surface area contributed by atoms with E-state index < -0.39 is 0 Å². The lowest BCUT2D eigenvalue weighted by atomic mass is 9.46. The van der Waals surface area contributed by atoms with Crippen LogP contribution in [0.3, 0.4) is 0 Å². The Morgan fingerprint density at radius 2 is 2.12 bits per heavy atom. The van der Waals surface area contributed by atoms with Gasteiger partial charge in [0.25, 0.3) is 0 Å². The average molecular weight is 337 g/mol. The standard InChI is InChI=1S/C21H36O3/c1-15-8-10-21(3)17(13-22)6-5-7-18(21)20(15,2)11-9-16-12-19(23-4)24-14-16/h6,15-16,18-19,22H,5,7-14H2,1-4H3/t15-,16-,18-,19-,20+,21+/m1/s1. The molecule has 1 saturated heterocycles. The molecule has 0 bridgehead atoms. The van der Waals surface area contributed by atoms with Crippen LogP contribution in [-0.2, 0) is 9.47 Å². The van der Waals surface area contributed by atoms with Crippen LogP contribution < -0.4 is 0 Å². The average Bonchev–Trinajstić information content (AvgIpc) is 3.05. The fraction of sp³-hybridized carbons (Fsp3) is 0.905. The number of methoxy groups -OCH3 is 1. The predicted octanol–water partition coefficient (Wildman–Crippen LogP) is 4.55. The molecule has 0 aromatic heterocycles. The molecule has 2 aliphatic carbocycles. The van der Waals surface area contributed by atoms with Crippen molar-refractivity contribution in [3.63, 3.8) is 0 Å². The Balaban J connectivity index is 1.73. The van der Waals surface area contributed by atoms with Gasteiger partial charge in [-0.15, -0.1) is 0 Å². The van der Waals surface area contributed by atoms with Gasteiger partial charge in [0, 0.05) is 13.5 Å². The van der Waals surface area contributed by atoms with E-state index in [9.17, 15) is 5.11 Å². The molecule has 138 valence electrons. The van der Waals surface area contributed by atoms with Crippen molar-refractivity contribution in [2.75, 3.05) is 20.3 Å². The molecule has 1 N–H and O–H groups in total. The Morgan fingerprint density at radius 1 is 1.33 bits per heavy atom. The van der Waals surface area contributed by atoms with Crippen molar-refractivity contribution in [3.8, 4) is 0 Å². The minimum absolute atomic E-state index is 0.00968. The van der Waals surface area contributed by atoms with Gasteiger partial charge in [-0.05, 0) is 72.7 Å². The summed E-state index contributed by atoms with van der Waals surface area (Å²) in [7, 11) is 1.74. The molecule has 1 saturated carbocycles. The molecule has 1 heterocycles. The van der Waals surface area contributed by atoms with E-state index in [4.69, 9.17) is 9.47 Å². The molecule has 6 atom stereocenters. The smallest absolute Gasteiger partial charge is 0.157 e. The number of aliphatic hydroxyl groups is 1. The van der Waals surface area contributed by atoms with Crippen LogP contribution in [0.2, 0.25) is 0 Å². The molecule has 24 heavy (non-hydrogen) atoms. The molecule has 0 aromatic carbocycles. The van der Waals surface area contributed by atoms with Crippen molar-refractivity contribution in [3.05, 3.63) is 11.6 Å². The highest BCUT2D eigenvalue weighted by atomic mass is 16.7. The quantitative estimate of drug-likeness (QED) is 0.749. The fourth-order valence-corrected chi connectivity index (χ4v) is 5.98. The molecule has 0 aromatic rings. The van der Waals surface area contributed by atoms with E-state index in [1.54, 1.807) is 7.11 Å². The minimum Gasteiger partial charge on any atom is -0.392 e. The number of hydrogen-bond donors (Lipinski definition) is 1. The number of ether oxygens (including phenoxy) is 2. The molecule has 0 spiro atoms. The van der Waals surface area contributed by atoms with E-state index in [1.165, 1.54) is 37.7 Å². The highest BCUT2D eigenvalue weighted by Gasteiger charge is 2.53. The first-order valence-corrected chi connectivity index (χ1v) is 9.89. The summed E-state index contributed by atoms with van der Waals surface area (Å²) in [5.74, 6) is 2.10. The van der Waals surface area contributed by atoms with Crippen molar-refractivity contribution in [2.45, 2.75) is 72.0 Å². The van der Waals surface area contributed by atoms with Crippen molar-refractivity contribution in [1.82, 2.24) is 0 Å². The molecule has 3 heteroatoms. The van der Waals surface area contributed by atoms with Crippen LogP contribution in [0.4, 0.5) is 0 Å². The molecule has 2 fully saturated rings. The SMILES string of the molecule is CO[C@H]1C[C@@H](CC[C@@]2(C)[C@H](C)CC[C@@]3(C)C(CO)=CCC[C@H]23)CO1. The monoisotopic (exact) mass is 336 g/mol. The first kappa shape index (κ1) is 18.4. The molecular formula is C21H36O3. The summed E-state index contributed by atoms with van der Waals surface area (Å²) < 4.78 is 11.1. The van der Waals surface area contributed by atoms with Gasteiger partial charge in [-0.1, -0.05) is 26.8 Å². The summed E-state index contributed by atoms with van der Waals surface area (Å²) >= 11 is 0. The first-order chi connectivity index (χ1) is 11.4. The van der Waals surface area contributed by atoms with E-state index in [-0.39, 0.29) is 18.3 Å². The van der Waals surface area contributed by atoms with Crippen molar-refractivity contribution < 1.29 is 14.6 Å². The van der Waals surface area contributed by atoms with Crippen LogP contribution in [-0.4, -0.2) is 31.7 Å². The summed E-state index contributed by atoms with van der Waals surface area (Å²) in [5, 5.41) is 9.89. The molecular weight excluding hydrogens is 300 g/mol. The van der Waals surface area contributed by atoms with Crippen LogP contribution in [0.1, 0.15) is 65.7 Å². The van der Waals surface area contributed by atoms with Gasteiger partial charge in [0.1, 0.15) is 0 Å². The Bertz CT molecular complexity index is 474. The predicted molar refractivity (Wildman–Crippen MR) is 96.6 cm³/mol. The normalized spacial score (nSPS) is 45.8. The fourth-order valence-electron chi connectivity index (χ4n) is 5.98. The largest absolute Gasteiger partial charge is 0.392 e. The Kier molecular flexibility index (Phi) is 5.44. The second-order valence-electron chi connectivity index (χ2n) is 9.02. The minimum atomic E-state index is 0.00968. The number of allylic oxidation sites excluding steroid dienone is 1. The number of hydrogen-bond acceptors (Lipinski definition) is 3. The molecule has 3 aliphatic rings. The van der Waals surface area contributed by atoms with E-state index in [0.29, 0.717) is 17.3 Å². The van der Waals surface area contributed by atoms with Gasteiger partial charge in [0.2, 0.25) is 0 Å². The van der Waals surface area contributed by atoms with E-state index in [2.05, 4.69) is 26.8 Å². The zero-order chi connectivity index (χ0) is 17.4. The summed E-state index contributed by atoms with van der Waals surface area (Å²) in [5.41, 5.74) is 1.88. The highest BCUT2D eigenvalue weighted by molar-refractivity contribution is 5.22. The first-order valence-electron chi connectivity index (χ1n) is 9.89. The maximum atomic E-state index is 9.89. The molecule has 3 rings (SSSR count). The molecule has 0 unspecified atom stereocenters. The second-order valence-corrected chi connectivity index (χ2v) is 9.02. The van der Waals surface area contributed by atoms with Crippen LogP contribution in [0.5, 0.6) is 0 Å². The third-order valence-corrected chi connectivity index (χ3v) is 7.94. The molecule has 0 radical (unpaired) electrons. The number of rotatable bonds is 5. The van der Waals surface area contributed by atoms with Crippen LogP contribution in [0, 0.1) is 28.6 Å². The third kappa shape index (κ3) is 3.08. The van der Waals surface area contributed by atoms with E-state index in [1.807, 2.05) is 0 Å². The van der Waals surface area contributed by atoms with Gasteiger partial charge < -0.3 is 14.6 Å². The molecule has 0 amide bonds. The summed E-state index contributed by atoms with van der Waals surface area (Å²) in [4.78, 5) is 0. The summed E-state index contributed by atoms with van der Waals surface area (Å²) in [6, 6.07) is 0. The third-order valence-electron chi connectivity index (χ3n) is 7.94. The number of fused-ring (bicyclic) bond motifs is 1. The van der Waals surface area contributed by atoms with Gasteiger partial charge in [-0.2, -0.15) is 0 Å². The lowest BCUT2D eigenvalue weighted by Gasteiger charge is -2.58. The highest BCUT2D eigenvalue weighted by Crippen LogP contribution is 2.62. The second kappa shape index (κ2) is 7.09.